The summed E-state index contributed by atoms with van der Waals surface area (Å²) in [4.78, 5) is 0. The molecule has 0 aliphatic carbocycles. The normalized spacial score (nSPS) is 6.50. The van der Waals surface area contributed by atoms with Crippen LogP contribution in [0.25, 0.3) is 0 Å². The summed E-state index contributed by atoms with van der Waals surface area (Å²) < 4.78 is 0. The molecule has 0 aliphatic rings. The Morgan fingerprint density at radius 3 is 0.917 bits per heavy atom. The second kappa shape index (κ2) is 29.6. The molecular weight excluding hydrogens is 242 g/mol. The average molecular weight is 262 g/mol. The van der Waals surface area contributed by atoms with Gasteiger partial charge in [-0.1, -0.05) is 12.8 Å². The second-order valence-corrected chi connectivity index (χ2v) is 1.99. The molecule has 0 aromatic rings. The molecule has 0 saturated heterocycles. The third-order valence-electron chi connectivity index (χ3n) is 1.16. The van der Waals surface area contributed by atoms with Crippen molar-refractivity contribution in [1.82, 2.24) is 0 Å². The minimum atomic E-state index is 0. The third-order valence-corrected chi connectivity index (χ3v) is 1.16. The van der Waals surface area contributed by atoms with Crippen LogP contribution in [0, 0.1) is 0 Å². The minimum absolute atomic E-state index is 0. The van der Waals surface area contributed by atoms with Crippen LogP contribution in [-0.4, -0.2) is 13.1 Å². The maximum absolute atomic E-state index is 5.28. The maximum atomic E-state index is 5.28. The third kappa shape index (κ3) is 30.5. The van der Waals surface area contributed by atoms with Crippen LogP contribution >= 0.6 is 49.6 Å². The second-order valence-electron chi connectivity index (χ2n) is 1.99. The average Bonchev–Trinajstić information content (AvgIpc) is 1.81. The first-order valence-corrected chi connectivity index (χ1v) is 3.32. The molecule has 0 aliphatic heterocycles. The fraction of sp³-hybridized carbons (Fsp3) is 1.00. The van der Waals surface area contributed by atoms with Crippen LogP contribution < -0.4 is 11.5 Å². The Morgan fingerprint density at radius 1 is 0.500 bits per heavy atom. The van der Waals surface area contributed by atoms with E-state index in [9.17, 15) is 0 Å². The van der Waals surface area contributed by atoms with Gasteiger partial charge in [-0.15, -0.1) is 49.6 Å². The molecule has 0 spiro atoms. The van der Waals surface area contributed by atoms with Gasteiger partial charge in [0.1, 0.15) is 0 Å². The van der Waals surface area contributed by atoms with Gasteiger partial charge in [0.05, 0.1) is 0 Å². The van der Waals surface area contributed by atoms with Gasteiger partial charge in [0.2, 0.25) is 0 Å². The Balaban J connectivity index is -0.0000000408. The van der Waals surface area contributed by atoms with Crippen LogP contribution in [-0.2, 0) is 0 Å². The SMILES string of the molecule is Cl.Cl.Cl.Cl.NCCCCCCN. The van der Waals surface area contributed by atoms with E-state index in [-0.39, 0.29) is 49.6 Å². The Hall–Kier alpha value is 1.08. The van der Waals surface area contributed by atoms with E-state index in [0.29, 0.717) is 0 Å². The summed E-state index contributed by atoms with van der Waals surface area (Å²) >= 11 is 0. The van der Waals surface area contributed by atoms with E-state index in [1.54, 1.807) is 0 Å². The highest BCUT2D eigenvalue weighted by molar-refractivity contribution is 5.86. The fourth-order valence-electron chi connectivity index (χ4n) is 0.642. The van der Waals surface area contributed by atoms with Gasteiger partial charge in [0.25, 0.3) is 0 Å². The standard InChI is InChI=1S/C6H16N2.4ClH/c7-5-3-1-2-4-6-8;;;;/h1-8H2;4*1H. The van der Waals surface area contributed by atoms with E-state index in [1.165, 1.54) is 12.8 Å². The van der Waals surface area contributed by atoms with Crippen LogP contribution in [0.5, 0.6) is 0 Å². The fourth-order valence-corrected chi connectivity index (χ4v) is 0.642. The summed E-state index contributed by atoms with van der Waals surface area (Å²) in [5.74, 6) is 0. The summed E-state index contributed by atoms with van der Waals surface area (Å²) in [6.07, 6.45) is 4.79. The molecule has 4 N–H and O–H groups in total. The van der Waals surface area contributed by atoms with Crippen molar-refractivity contribution in [2.45, 2.75) is 25.7 Å². The molecule has 0 saturated carbocycles. The molecule has 82 valence electrons. The number of nitrogens with two attached hydrogens (primary N) is 2. The molecule has 0 unspecified atom stereocenters. The molecule has 6 heteroatoms. The predicted octanol–water partition coefficient (Wildman–Crippen LogP) is 2.15. The molecule has 0 heterocycles. The lowest BCUT2D eigenvalue weighted by Crippen LogP contribution is -2.00. The van der Waals surface area contributed by atoms with Crippen LogP contribution in [0.1, 0.15) is 25.7 Å². The zero-order valence-electron chi connectivity index (χ0n) is 7.03. The van der Waals surface area contributed by atoms with E-state index in [1.807, 2.05) is 0 Å². The van der Waals surface area contributed by atoms with Crippen molar-refractivity contribution in [3.05, 3.63) is 0 Å². The number of hydrogen-bond donors (Lipinski definition) is 2. The molecule has 0 fully saturated rings. The molecule has 0 bridgehead atoms. The van der Waals surface area contributed by atoms with Gasteiger partial charge < -0.3 is 11.5 Å². The monoisotopic (exact) mass is 260 g/mol. The first-order valence-electron chi connectivity index (χ1n) is 3.32. The number of unbranched alkanes of at least 4 members (excludes halogenated alkanes) is 3. The summed E-state index contributed by atoms with van der Waals surface area (Å²) in [6, 6.07) is 0. The molecule has 0 aromatic heterocycles. The molecule has 0 amide bonds. The molecular formula is C6H20Cl4N2. The van der Waals surface area contributed by atoms with Crippen molar-refractivity contribution in [3.8, 4) is 0 Å². The highest BCUT2D eigenvalue weighted by Crippen LogP contribution is 1.95. The lowest BCUT2D eigenvalue weighted by molar-refractivity contribution is 0.653. The summed E-state index contributed by atoms with van der Waals surface area (Å²) in [7, 11) is 0. The van der Waals surface area contributed by atoms with Gasteiger partial charge in [0, 0.05) is 0 Å². The highest BCUT2D eigenvalue weighted by Gasteiger charge is 1.83. The number of hydrogen-bond acceptors (Lipinski definition) is 2. The van der Waals surface area contributed by atoms with Gasteiger partial charge in [-0.2, -0.15) is 0 Å². The van der Waals surface area contributed by atoms with E-state index in [2.05, 4.69) is 0 Å². The zero-order chi connectivity index (χ0) is 6.24. The van der Waals surface area contributed by atoms with E-state index < -0.39 is 0 Å². The molecule has 12 heavy (non-hydrogen) atoms. The van der Waals surface area contributed by atoms with Gasteiger partial charge in [0.15, 0.2) is 0 Å². The summed E-state index contributed by atoms with van der Waals surface area (Å²) in [5, 5.41) is 0. The molecule has 0 atom stereocenters. The van der Waals surface area contributed by atoms with Crippen molar-refractivity contribution >= 4 is 49.6 Å². The van der Waals surface area contributed by atoms with Crippen molar-refractivity contribution in [3.63, 3.8) is 0 Å². The van der Waals surface area contributed by atoms with Crippen LogP contribution in [0.2, 0.25) is 0 Å². The Bertz CT molecular complexity index is 42.5. The number of halogens is 4. The maximum Gasteiger partial charge on any atom is -0.00773 e. The zero-order valence-corrected chi connectivity index (χ0v) is 10.3. The van der Waals surface area contributed by atoms with Crippen molar-refractivity contribution in [2.75, 3.05) is 13.1 Å². The molecule has 0 rings (SSSR count). The summed E-state index contributed by atoms with van der Waals surface area (Å²) in [5.41, 5.74) is 10.6. The van der Waals surface area contributed by atoms with Gasteiger partial charge in [-0.3, -0.25) is 0 Å². The smallest absolute Gasteiger partial charge is 0.00773 e. The number of rotatable bonds is 5. The quantitative estimate of drug-likeness (QED) is 0.746. The van der Waals surface area contributed by atoms with Gasteiger partial charge in [-0.25, -0.2) is 0 Å². The Kier molecular flexibility index (Phi) is 72.1. The highest BCUT2D eigenvalue weighted by atomic mass is 35.5. The van der Waals surface area contributed by atoms with E-state index in [4.69, 9.17) is 11.5 Å². The first-order chi connectivity index (χ1) is 3.91. The van der Waals surface area contributed by atoms with Crippen LogP contribution in [0.4, 0.5) is 0 Å². The van der Waals surface area contributed by atoms with Gasteiger partial charge >= 0.3 is 0 Å². The van der Waals surface area contributed by atoms with Crippen molar-refractivity contribution in [1.29, 1.82) is 0 Å². The lowest BCUT2D eigenvalue weighted by Gasteiger charge is -1.94. The van der Waals surface area contributed by atoms with Crippen molar-refractivity contribution < 1.29 is 0 Å². The largest absolute Gasteiger partial charge is 0.330 e. The molecule has 0 radical (unpaired) electrons. The Morgan fingerprint density at radius 2 is 0.750 bits per heavy atom. The van der Waals surface area contributed by atoms with Gasteiger partial charge in [-0.05, 0) is 25.9 Å². The van der Waals surface area contributed by atoms with E-state index in [0.717, 1.165) is 25.9 Å². The van der Waals surface area contributed by atoms with Crippen molar-refractivity contribution in [2.24, 2.45) is 11.5 Å². The Labute approximate surface area is 99.9 Å². The first kappa shape index (κ1) is 29.2. The predicted molar refractivity (Wildman–Crippen MR) is 65.6 cm³/mol. The molecule has 2 nitrogen and oxygen atoms in total. The summed E-state index contributed by atoms with van der Waals surface area (Å²) in [6.45, 7) is 1.65. The van der Waals surface area contributed by atoms with Crippen LogP contribution in [0.15, 0.2) is 0 Å². The topological polar surface area (TPSA) is 52.0 Å². The van der Waals surface area contributed by atoms with Crippen LogP contribution in [0.3, 0.4) is 0 Å². The minimum Gasteiger partial charge on any atom is -0.330 e. The molecule has 0 aromatic carbocycles. The van der Waals surface area contributed by atoms with E-state index >= 15 is 0 Å². The lowest BCUT2D eigenvalue weighted by atomic mass is 10.2.